The van der Waals surface area contributed by atoms with Crippen LogP contribution in [-0.4, -0.2) is 30.8 Å². The number of halogens is 4. The Morgan fingerprint density at radius 1 is 0.769 bits per heavy atom. The summed E-state index contributed by atoms with van der Waals surface area (Å²) in [4.78, 5) is 21.7. The standard InChI is InChI=1S/C18H22Cl4O4/c19-17(20,15(23)24)10-3-1-6-13-8-5-9-14(12-13)7-2-4-11-18(21,22)16(25)26/h5,8-9,12H,1-4,6-7,10-11H2,(H,23,24)(H,25,26). The Hall–Kier alpha value is -0.680. The minimum Gasteiger partial charge on any atom is -0.479 e. The SMILES string of the molecule is O=C(O)C(Cl)(Cl)CCCCc1cccc(CCCCC(Cl)(Cl)C(=O)O)c1. The van der Waals surface area contributed by atoms with Crippen molar-refractivity contribution in [3.05, 3.63) is 35.4 Å². The van der Waals surface area contributed by atoms with E-state index in [1.165, 1.54) is 0 Å². The molecular formula is C18H22Cl4O4. The molecule has 0 aliphatic heterocycles. The molecule has 1 rings (SSSR count). The van der Waals surface area contributed by atoms with Crippen molar-refractivity contribution in [2.45, 2.75) is 60.0 Å². The molecule has 0 fully saturated rings. The summed E-state index contributed by atoms with van der Waals surface area (Å²) in [5.74, 6) is -2.44. The first-order chi connectivity index (χ1) is 12.0. The van der Waals surface area contributed by atoms with E-state index in [0.717, 1.165) is 36.8 Å². The van der Waals surface area contributed by atoms with Gasteiger partial charge in [0, 0.05) is 0 Å². The number of carboxylic acids is 2. The molecule has 0 spiro atoms. The van der Waals surface area contributed by atoms with Gasteiger partial charge in [0.1, 0.15) is 0 Å². The summed E-state index contributed by atoms with van der Waals surface area (Å²) in [6.45, 7) is 0. The highest BCUT2D eigenvalue weighted by Gasteiger charge is 2.33. The zero-order chi connectivity index (χ0) is 19.8. The zero-order valence-corrected chi connectivity index (χ0v) is 17.2. The summed E-state index contributed by atoms with van der Waals surface area (Å²) in [6.07, 6.45) is 4.83. The molecule has 26 heavy (non-hydrogen) atoms. The van der Waals surface area contributed by atoms with E-state index >= 15 is 0 Å². The predicted molar refractivity (Wildman–Crippen MR) is 106 cm³/mol. The van der Waals surface area contributed by atoms with Gasteiger partial charge in [-0.05, 0) is 62.5 Å². The Morgan fingerprint density at radius 2 is 1.15 bits per heavy atom. The Kier molecular flexibility index (Phi) is 9.53. The van der Waals surface area contributed by atoms with E-state index in [9.17, 15) is 9.59 Å². The normalized spacial score (nSPS) is 12.2. The van der Waals surface area contributed by atoms with Crippen molar-refractivity contribution in [1.29, 1.82) is 0 Å². The first-order valence-electron chi connectivity index (χ1n) is 8.35. The molecule has 1 aromatic rings. The lowest BCUT2D eigenvalue weighted by Gasteiger charge is -2.14. The van der Waals surface area contributed by atoms with Crippen LogP contribution in [0, 0.1) is 0 Å². The maximum absolute atomic E-state index is 10.8. The lowest BCUT2D eigenvalue weighted by Crippen LogP contribution is -2.25. The van der Waals surface area contributed by atoms with Gasteiger partial charge in [0.05, 0.1) is 0 Å². The number of benzene rings is 1. The van der Waals surface area contributed by atoms with Crippen LogP contribution < -0.4 is 0 Å². The fourth-order valence-corrected chi connectivity index (χ4v) is 3.04. The number of unbranched alkanes of at least 4 members (excludes halogenated alkanes) is 2. The van der Waals surface area contributed by atoms with Gasteiger partial charge in [0.2, 0.25) is 8.67 Å². The molecule has 0 amide bonds. The average Bonchev–Trinajstić information content (AvgIpc) is 2.56. The van der Waals surface area contributed by atoms with E-state index in [2.05, 4.69) is 6.07 Å². The summed E-state index contributed by atoms with van der Waals surface area (Å²) in [7, 11) is 0. The third-order valence-electron chi connectivity index (χ3n) is 4.03. The summed E-state index contributed by atoms with van der Waals surface area (Å²) in [5.41, 5.74) is 2.31. The monoisotopic (exact) mass is 442 g/mol. The highest BCUT2D eigenvalue weighted by molar-refractivity contribution is 6.57. The number of carbonyl (C=O) groups is 2. The van der Waals surface area contributed by atoms with Crippen LogP contribution in [0.4, 0.5) is 0 Å². The first-order valence-corrected chi connectivity index (χ1v) is 9.86. The van der Waals surface area contributed by atoms with Gasteiger partial charge in [-0.2, -0.15) is 0 Å². The molecule has 1 aromatic carbocycles. The van der Waals surface area contributed by atoms with Gasteiger partial charge < -0.3 is 10.2 Å². The fraction of sp³-hybridized carbons (Fsp3) is 0.556. The van der Waals surface area contributed by atoms with Gasteiger partial charge in [0.25, 0.3) is 0 Å². The van der Waals surface area contributed by atoms with Crippen molar-refractivity contribution in [3.8, 4) is 0 Å². The van der Waals surface area contributed by atoms with Crippen LogP contribution in [-0.2, 0) is 22.4 Å². The Balaban J connectivity index is 2.37. The van der Waals surface area contributed by atoms with E-state index in [1.807, 2.05) is 18.2 Å². The average molecular weight is 444 g/mol. The van der Waals surface area contributed by atoms with E-state index in [4.69, 9.17) is 56.6 Å². The van der Waals surface area contributed by atoms with Gasteiger partial charge in [0.15, 0.2) is 0 Å². The number of hydrogen-bond donors (Lipinski definition) is 2. The zero-order valence-electron chi connectivity index (χ0n) is 14.2. The Labute approximate surface area is 173 Å². The third kappa shape index (κ3) is 8.34. The van der Waals surface area contributed by atoms with Gasteiger partial charge >= 0.3 is 11.9 Å². The minimum absolute atomic E-state index is 0.202. The first kappa shape index (κ1) is 23.4. The van der Waals surface area contributed by atoms with Crippen molar-refractivity contribution < 1.29 is 19.8 Å². The summed E-state index contributed by atoms with van der Waals surface area (Å²) < 4.78 is -3.45. The molecule has 146 valence electrons. The second-order valence-electron chi connectivity index (χ2n) is 6.25. The molecular weight excluding hydrogens is 422 g/mol. The van der Waals surface area contributed by atoms with Crippen molar-refractivity contribution in [2.24, 2.45) is 0 Å². The number of hydrogen-bond acceptors (Lipinski definition) is 2. The molecule has 0 saturated heterocycles. The third-order valence-corrected chi connectivity index (χ3v) is 5.43. The Bertz CT molecular complexity index is 568. The van der Waals surface area contributed by atoms with Crippen LogP contribution in [0.1, 0.15) is 49.7 Å². The van der Waals surface area contributed by atoms with Crippen LogP contribution in [0.15, 0.2) is 24.3 Å². The van der Waals surface area contributed by atoms with E-state index in [-0.39, 0.29) is 12.8 Å². The summed E-state index contributed by atoms with van der Waals surface area (Å²) in [5, 5.41) is 17.7. The number of aryl methyl sites for hydroxylation is 2. The maximum atomic E-state index is 10.8. The second-order valence-corrected chi connectivity index (χ2v) is 9.22. The molecule has 0 unspecified atom stereocenters. The lowest BCUT2D eigenvalue weighted by molar-refractivity contribution is -0.138. The molecule has 4 nitrogen and oxygen atoms in total. The number of aliphatic carboxylic acids is 2. The molecule has 0 atom stereocenters. The van der Waals surface area contributed by atoms with Gasteiger partial charge in [-0.3, -0.25) is 0 Å². The molecule has 0 heterocycles. The number of alkyl halides is 4. The van der Waals surface area contributed by atoms with Gasteiger partial charge in [-0.25, -0.2) is 9.59 Å². The van der Waals surface area contributed by atoms with Crippen LogP contribution in [0.5, 0.6) is 0 Å². The minimum atomic E-state index is -1.72. The fourth-order valence-electron chi connectivity index (χ4n) is 2.51. The van der Waals surface area contributed by atoms with Crippen LogP contribution in [0.25, 0.3) is 0 Å². The summed E-state index contributed by atoms with van der Waals surface area (Å²) in [6, 6.07) is 8.10. The van der Waals surface area contributed by atoms with E-state index in [0.29, 0.717) is 12.8 Å². The lowest BCUT2D eigenvalue weighted by atomic mass is 10.0. The second kappa shape index (κ2) is 10.6. The molecule has 0 aliphatic rings. The highest BCUT2D eigenvalue weighted by atomic mass is 35.5. The molecule has 2 N–H and O–H groups in total. The molecule has 8 heteroatoms. The number of rotatable bonds is 12. The van der Waals surface area contributed by atoms with Gasteiger partial charge in [-0.1, -0.05) is 70.7 Å². The summed E-state index contributed by atoms with van der Waals surface area (Å²) >= 11 is 22.8. The topological polar surface area (TPSA) is 74.6 Å². The van der Waals surface area contributed by atoms with Crippen molar-refractivity contribution >= 4 is 58.3 Å². The maximum Gasteiger partial charge on any atom is 0.340 e. The van der Waals surface area contributed by atoms with Crippen molar-refractivity contribution in [1.82, 2.24) is 0 Å². The van der Waals surface area contributed by atoms with Crippen molar-refractivity contribution in [3.63, 3.8) is 0 Å². The number of carboxylic acid groups (broad SMARTS) is 2. The molecule has 0 aromatic heterocycles. The van der Waals surface area contributed by atoms with Gasteiger partial charge in [-0.15, -0.1) is 0 Å². The van der Waals surface area contributed by atoms with Crippen LogP contribution in [0.2, 0.25) is 0 Å². The largest absolute Gasteiger partial charge is 0.479 e. The quantitative estimate of drug-likeness (QED) is 0.324. The van der Waals surface area contributed by atoms with Crippen LogP contribution >= 0.6 is 46.4 Å². The van der Waals surface area contributed by atoms with E-state index < -0.39 is 20.6 Å². The van der Waals surface area contributed by atoms with E-state index in [1.54, 1.807) is 0 Å². The van der Waals surface area contributed by atoms with Crippen molar-refractivity contribution in [2.75, 3.05) is 0 Å². The smallest absolute Gasteiger partial charge is 0.340 e. The molecule has 0 saturated carbocycles. The highest BCUT2D eigenvalue weighted by Crippen LogP contribution is 2.29. The predicted octanol–water partition coefficient (Wildman–Crippen LogP) is 5.63. The molecule has 0 bridgehead atoms. The Morgan fingerprint density at radius 3 is 1.50 bits per heavy atom. The molecule has 0 radical (unpaired) electrons. The van der Waals surface area contributed by atoms with Crippen LogP contribution in [0.3, 0.4) is 0 Å². The molecule has 0 aliphatic carbocycles.